The first kappa shape index (κ1) is 16.8. The molecule has 0 fully saturated rings. The summed E-state index contributed by atoms with van der Waals surface area (Å²) >= 11 is 0. The van der Waals surface area contributed by atoms with Gasteiger partial charge in [0.15, 0.2) is 0 Å². The van der Waals surface area contributed by atoms with Crippen LogP contribution in [0.25, 0.3) is 0 Å². The van der Waals surface area contributed by atoms with E-state index in [-0.39, 0.29) is 6.54 Å². The van der Waals surface area contributed by atoms with E-state index in [0.717, 1.165) is 0 Å². The Kier molecular flexibility index (Phi) is 6.48. The molecule has 0 atom stereocenters. The third-order valence-electron chi connectivity index (χ3n) is 2.77. The number of ether oxygens (including phenoxy) is 1. The molecule has 1 aromatic rings. The number of carboxylic acid groups (broad SMARTS) is 1. The highest BCUT2D eigenvalue weighted by atomic mass is 16.5. The fourth-order valence-electron chi connectivity index (χ4n) is 1.61. The Morgan fingerprint density at radius 1 is 1.19 bits per heavy atom. The van der Waals surface area contributed by atoms with Gasteiger partial charge in [0.2, 0.25) is 0 Å². The minimum Gasteiger partial charge on any atom is -0.497 e. The van der Waals surface area contributed by atoms with Gasteiger partial charge in [0.25, 0.3) is 0 Å². The van der Waals surface area contributed by atoms with E-state index >= 15 is 0 Å². The maximum absolute atomic E-state index is 12.1. The predicted molar refractivity (Wildman–Crippen MR) is 79.8 cm³/mol. The van der Waals surface area contributed by atoms with Gasteiger partial charge in [-0.2, -0.15) is 0 Å². The number of nitrogens with zero attached hydrogens (tertiary/aromatic N) is 2. The number of anilines is 1. The van der Waals surface area contributed by atoms with Gasteiger partial charge >= 0.3 is 12.0 Å². The van der Waals surface area contributed by atoms with E-state index in [1.807, 2.05) is 19.0 Å². The second kappa shape index (κ2) is 8.11. The van der Waals surface area contributed by atoms with Gasteiger partial charge in [-0.25, -0.2) is 4.79 Å². The van der Waals surface area contributed by atoms with Gasteiger partial charge in [-0.1, -0.05) is 0 Å². The predicted octanol–water partition coefficient (Wildman–Crippen LogP) is 1.18. The van der Waals surface area contributed by atoms with Gasteiger partial charge in [-0.05, 0) is 38.4 Å². The number of hydrogen-bond donors (Lipinski definition) is 2. The summed E-state index contributed by atoms with van der Waals surface area (Å²) in [6.45, 7) is 0.584. The number of urea groups is 1. The third kappa shape index (κ3) is 6.13. The minimum atomic E-state index is -1.04. The van der Waals surface area contributed by atoms with Crippen molar-refractivity contribution < 1.29 is 19.4 Å². The standard InChI is InChI=1S/C14H21N3O4/c1-16(2)8-9-17(10-13(18)19)14(20)15-11-4-6-12(21-3)7-5-11/h4-7H,8-10H2,1-3H3,(H,15,20)(H,18,19). The number of carboxylic acids is 1. The van der Waals surface area contributed by atoms with Crippen molar-refractivity contribution in [2.24, 2.45) is 0 Å². The van der Waals surface area contributed by atoms with Crippen LogP contribution in [0, 0.1) is 0 Å². The molecule has 0 aliphatic heterocycles. The first-order valence-electron chi connectivity index (χ1n) is 6.49. The molecule has 2 amide bonds. The second-order valence-electron chi connectivity index (χ2n) is 4.78. The van der Waals surface area contributed by atoms with Crippen molar-refractivity contribution in [2.75, 3.05) is 46.2 Å². The molecule has 0 radical (unpaired) electrons. The highest BCUT2D eigenvalue weighted by molar-refractivity contribution is 5.91. The van der Waals surface area contributed by atoms with Crippen LogP contribution >= 0.6 is 0 Å². The molecule has 0 bridgehead atoms. The van der Waals surface area contributed by atoms with Gasteiger partial charge in [0, 0.05) is 18.8 Å². The number of benzene rings is 1. The van der Waals surface area contributed by atoms with E-state index in [1.54, 1.807) is 31.4 Å². The van der Waals surface area contributed by atoms with E-state index in [1.165, 1.54) is 4.90 Å². The van der Waals surface area contributed by atoms with Gasteiger partial charge in [0.05, 0.1) is 7.11 Å². The molecule has 1 aromatic carbocycles. The van der Waals surface area contributed by atoms with E-state index in [2.05, 4.69) is 5.32 Å². The number of hydrogen-bond acceptors (Lipinski definition) is 4. The van der Waals surface area contributed by atoms with Crippen molar-refractivity contribution >= 4 is 17.7 Å². The number of amides is 2. The Balaban J connectivity index is 2.67. The minimum absolute atomic E-state index is 0.335. The lowest BCUT2D eigenvalue weighted by Gasteiger charge is -2.23. The van der Waals surface area contributed by atoms with Gasteiger partial charge in [0.1, 0.15) is 12.3 Å². The molecule has 0 aliphatic rings. The normalized spacial score (nSPS) is 10.3. The van der Waals surface area contributed by atoms with Crippen molar-refractivity contribution in [2.45, 2.75) is 0 Å². The second-order valence-corrected chi connectivity index (χ2v) is 4.78. The van der Waals surface area contributed by atoms with Crippen molar-refractivity contribution in [3.8, 4) is 5.75 Å². The maximum Gasteiger partial charge on any atom is 0.323 e. The Labute approximate surface area is 124 Å². The van der Waals surface area contributed by atoms with Crippen LogP contribution in [0.4, 0.5) is 10.5 Å². The number of aliphatic carboxylic acids is 1. The molecule has 0 unspecified atom stereocenters. The molecule has 0 aromatic heterocycles. The van der Waals surface area contributed by atoms with Crippen LogP contribution in [-0.2, 0) is 4.79 Å². The molecule has 0 saturated heterocycles. The van der Waals surface area contributed by atoms with Crippen LogP contribution in [0.1, 0.15) is 0 Å². The summed E-state index contributed by atoms with van der Waals surface area (Å²) in [5, 5.41) is 11.6. The lowest BCUT2D eigenvalue weighted by Crippen LogP contribution is -2.42. The van der Waals surface area contributed by atoms with Crippen LogP contribution in [0.5, 0.6) is 5.75 Å². The molecular weight excluding hydrogens is 274 g/mol. The largest absolute Gasteiger partial charge is 0.497 e. The summed E-state index contributed by atoms with van der Waals surface area (Å²) in [6, 6.07) is 6.39. The number of carbonyl (C=O) groups is 2. The average Bonchev–Trinajstić information content (AvgIpc) is 2.43. The highest BCUT2D eigenvalue weighted by Gasteiger charge is 2.16. The van der Waals surface area contributed by atoms with Crippen molar-refractivity contribution in [1.29, 1.82) is 0 Å². The molecule has 7 nitrogen and oxygen atoms in total. The highest BCUT2D eigenvalue weighted by Crippen LogP contribution is 2.15. The lowest BCUT2D eigenvalue weighted by atomic mass is 10.3. The van der Waals surface area contributed by atoms with Crippen LogP contribution in [0.15, 0.2) is 24.3 Å². The zero-order valence-corrected chi connectivity index (χ0v) is 12.5. The SMILES string of the molecule is COc1ccc(NC(=O)N(CCN(C)C)CC(=O)O)cc1. The summed E-state index contributed by atoms with van der Waals surface area (Å²) in [4.78, 5) is 26.1. The van der Waals surface area contributed by atoms with E-state index in [4.69, 9.17) is 9.84 Å². The van der Waals surface area contributed by atoms with E-state index in [0.29, 0.717) is 24.5 Å². The van der Waals surface area contributed by atoms with Crippen molar-refractivity contribution in [1.82, 2.24) is 9.80 Å². The molecule has 0 heterocycles. The molecule has 0 saturated carbocycles. The van der Waals surface area contributed by atoms with Crippen LogP contribution in [0.2, 0.25) is 0 Å². The molecule has 0 spiro atoms. The Bertz CT molecular complexity index is 474. The van der Waals surface area contributed by atoms with Crippen LogP contribution in [-0.4, -0.2) is 67.7 Å². The van der Waals surface area contributed by atoms with Crippen molar-refractivity contribution in [3.05, 3.63) is 24.3 Å². The summed E-state index contributed by atoms with van der Waals surface area (Å²) in [5.74, 6) is -0.360. The number of nitrogens with one attached hydrogen (secondary N) is 1. The van der Waals surface area contributed by atoms with Gasteiger partial charge < -0.3 is 25.0 Å². The van der Waals surface area contributed by atoms with Crippen LogP contribution in [0.3, 0.4) is 0 Å². The lowest BCUT2D eigenvalue weighted by molar-refractivity contribution is -0.137. The first-order chi connectivity index (χ1) is 9.92. The molecule has 7 heteroatoms. The number of carbonyl (C=O) groups excluding carboxylic acids is 1. The van der Waals surface area contributed by atoms with Gasteiger partial charge in [-0.3, -0.25) is 4.79 Å². The fourth-order valence-corrected chi connectivity index (χ4v) is 1.61. The number of methoxy groups -OCH3 is 1. The molecule has 21 heavy (non-hydrogen) atoms. The summed E-state index contributed by atoms with van der Waals surface area (Å²) < 4.78 is 5.03. The third-order valence-corrected chi connectivity index (χ3v) is 2.77. The summed E-state index contributed by atoms with van der Waals surface area (Å²) in [7, 11) is 5.28. The molecule has 1 rings (SSSR count). The van der Waals surface area contributed by atoms with Crippen molar-refractivity contribution in [3.63, 3.8) is 0 Å². The molecule has 0 aliphatic carbocycles. The summed E-state index contributed by atoms with van der Waals surface area (Å²) in [5.41, 5.74) is 0.584. The van der Waals surface area contributed by atoms with E-state index < -0.39 is 12.0 Å². The van der Waals surface area contributed by atoms with Gasteiger partial charge in [-0.15, -0.1) is 0 Å². The number of rotatable bonds is 7. The van der Waals surface area contributed by atoms with E-state index in [9.17, 15) is 9.59 Å². The molecule has 116 valence electrons. The molecule has 2 N–H and O–H groups in total. The maximum atomic E-state index is 12.1. The fraction of sp³-hybridized carbons (Fsp3) is 0.429. The molecular formula is C14H21N3O4. The zero-order chi connectivity index (χ0) is 15.8. The smallest absolute Gasteiger partial charge is 0.323 e. The Morgan fingerprint density at radius 3 is 2.29 bits per heavy atom. The quantitative estimate of drug-likeness (QED) is 0.789. The topological polar surface area (TPSA) is 82.1 Å². The number of likely N-dealkylation sites (N-methyl/N-ethyl adjacent to an activating group) is 1. The zero-order valence-electron chi connectivity index (χ0n) is 12.5. The Hall–Kier alpha value is -2.28. The summed E-state index contributed by atoms with van der Waals surface area (Å²) in [6.07, 6.45) is 0. The average molecular weight is 295 g/mol. The van der Waals surface area contributed by atoms with Crippen LogP contribution < -0.4 is 10.1 Å². The first-order valence-corrected chi connectivity index (χ1v) is 6.49. The Morgan fingerprint density at radius 2 is 1.81 bits per heavy atom. The monoisotopic (exact) mass is 295 g/mol.